The molecular weight excluding hydrogens is 270 g/mol. The van der Waals surface area contributed by atoms with E-state index in [1.807, 2.05) is 11.7 Å². The van der Waals surface area contributed by atoms with Crippen LogP contribution < -0.4 is 5.32 Å². The van der Waals surface area contributed by atoms with Gasteiger partial charge in [0.05, 0.1) is 15.9 Å². The second-order valence-electron chi connectivity index (χ2n) is 4.18. The maximum Gasteiger partial charge on any atom is 0.144 e. The summed E-state index contributed by atoms with van der Waals surface area (Å²) in [6, 6.07) is 0. The van der Waals surface area contributed by atoms with Crippen molar-refractivity contribution in [1.82, 2.24) is 15.1 Å². The minimum atomic E-state index is 0.201. The summed E-state index contributed by atoms with van der Waals surface area (Å²) in [7, 11) is 1.89. The highest BCUT2D eigenvalue weighted by molar-refractivity contribution is 9.10. The summed E-state index contributed by atoms with van der Waals surface area (Å²) in [4.78, 5) is 11.9. The van der Waals surface area contributed by atoms with Crippen LogP contribution in [0.4, 0.5) is 0 Å². The number of nitrogens with zero attached hydrogens (tertiary/aromatic N) is 2. The Bertz CT molecular complexity index is 410. The minimum absolute atomic E-state index is 0.201. The molecule has 0 unspecified atom stereocenters. The van der Waals surface area contributed by atoms with Crippen LogP contribution in [0.2, 0.25) is 0 Å². The molecule has 1 aromatic heterocycles. The van der Waals surface area contributed by atoms with Gasteiger partial charge in [0, 0.05) is 32.5 Å². The number of halogens is 1. The summed E-state index contributed by atoms with van der Waals surface area (Å²) in [5, 5.41) is 7.51. The molecule has 0 saturated carbocycles. The molecule has 0 amide bonds. The molecule has 1 N–H and O–H groups in total. The highest BCUT2D eigenvalue weighted by atomic mass is 79.9. The number of carbonyl (C=O) groups excluding carboxylic acids is 1. The highest BCUT2D eigenvalue weighted by Gasteiger charge is 2.26. The largest absolute Gasteiger partial charge is 0.315 e. The highest BCUT2D eigenvalue weighted by Crippen LogP contribution is 2.23. The molecule has 0 atom stereocenters. The van der Waals surface area contributed by atoms with Gasteiger partial charge in [0.1, 0.15) is 5.78 Å². The Morgan fingerprint density at radius 3 is 2.75 bits per heavy atom. The van der Waals surface area contributed by atoms with Gasteiger partial charge in [-0.15, -0.1) is 0 Å². The van der Waals surface area contributed by atoms with Gasteiger partial charge in [0.15, 0.2) is 0 Å². The smallest absolute Gasteiger partial charge is 0.144 e. The van der Waals surface area contributed by atoms with Crippen molar-refractivity contribution in [3.05, 3.63) is 15.9 Å². The minimum Gasteiger partial charge on any atom is -0.315 e. The third kappa shape index (κ3) is 2.06. The molecule has 0 radical (unpaired) electrons. The lowest BCUT2D eigenvalue weighted by Crippen LogP contribution is -2.47. The summed E-state index contributed by atoms with van der Waals surface area (Å²) < 4.78 is 2.81. The van der Waals surface area contributed by atoms with Gasteiger partial charge >= 0.3 is 0 Å². The van der Waals surface area contributed by atoms with Crippen molar-refractivity contribution in [2.75, 3.05) is 13.1 Å². The van der Waals surface area contributed by atoms with E-state index in [1.165, 1.54) is 0 Å². The molecule has 0 aromatic carbocycles. The Hall–Kier alpha value is -0.680. The molecule has 2 heterocycles. The normalized spacial score (nSPS) is 16.2. The molecule has 1 saturated heterocycles. The van der Waals surface area contributed by atoms with Gasteiger partial charge in [-0.2, -0.15) is 5.10 Å². The van der Waals surface area contributed by atoms with E-state index in [9.17, 15) is 4.79 Å². The number of ketones is 1. The molecule has 16 heavy (non-hydrogen) atoms. The maximum atomic E-state index is 11.9. The van der Waals surface area contributed by atoms with Gasteiger partial charge in [-0.3, -0.25) is 9.48 Å². The number of hydrogen-bond donors (Lipinski definition) is 1. The first-order valence-electron chi connectivity index (χ1n) is 5.57. The molecule has 0 bridgehead atoms. The quantitative estimate of drug-likeness (QED) is 0.901. The predicted octanol–water partition coefficient (Wildman–Crippen LogP) is 1.08. The second-order valence-corrected chi connectivity index (χ2v) is 4.98. The topological polar surface area (TPSA) is 46.9 Å². The van der Waals surface area contributed by atoms with Gasteiger partial charge in [0.25, 0.3) is 0 Å². The van der Waals surface area contributed by atoms with Crippen LogP contribution in [-0.2, 0) is 24.7 Å². The SMILES string of the molecule is CCc1nn(C)c(CC(=O)C2CNC2)c1Br. The van der Waals surface area contributed by atoms with Crippen LogP contribution >= 0.6 is 15.9 Å². The summed E-state index contributed by atoms with van der Waals surface area (Å²) in [6.07, 6.45) is 1.37. The van der Waals surface area contributed by atoms with Crippen molar-refractivity contribution >= 4 is 21.7 Å². The van der Waals surface area contributed by atoms with E-state index >= 15 is 0 Å². The molecule has 1 fully saturated rings. The van der Waals surface area contributed by atoms with Crippen LogP contribution in [0.5, 0.6) is 0 Å². The standard InChI is InChI=1S/C11H16BrN3O/c1-3-8-11(12)9(15(2)14-8)4-10(16)7-5-13-6-7/h7,13H,3-6H2,1-2H3. The third-order valence-corrected chi connectivity index (χ3v) is 4.00. The van der Waals surface area contributed by atoms with Crippen molar-refractivity contribution in [3.63, 3.8) is 0 Å². The monoisotopic (exact) mass is 285 g/mol. The molecule has 2 rings (SSSR count). The van der Waals surface area contributed by atoms with Crippen LogP contribution in [0.15, 0.2) is 4.47 Å². The fraction of sp³-hybridized carbons (Fsp3) is 0.636. The van der Waals surface area contributed by atoms with Gasteiger partial charge in [-0.25, -0.2) is 0 Å². The number of carbonyl (C=O) groups is 1. The lowest BCUT2D eigenvalue weighted by molar-refractivity contribution is -0.123. The zero-order valence-corrected chi connectivity index (χ0v) is 11.2. The lowest BCUT2D eigenvalue weighted by Gasteiger charge is -2.25. The molecular formula is C11H16BrN3O. The van der Waals surface area contributed by atoms with Crippen molar-refractivity contribution in [2.24, 2.45) is 13.0 Å². The lowest BCUT2D eigenvalue weighted by atomic mass is 9.95. The van der Waals surface area contributed by atoms with Crippen molar-refractivity contribution in [2.45, 2.75) is 19.8 Å². The molecule has 1 aliphatic heterocycles. The number of hydrogen-bond acceptors (Lipinski definition) is 3. The first-order valence-corrected chi connectivity index (χ1v) is 6.36. The molecule has 5 heteroatoms. The molecule has 1 aliphatic rings. The summed E-state index contributed by atoms with van der Waals surface area (Å²) in [6.45, 7) is 3.72. The Kier molecular flexibility index (Phi) is 3.44. The first kappa shape index (κ1) is 11.8. The van der Waals surface area contributed by atoms with E-state index in [2.05, 4.69) is 33.3 Å². The van der Waals surface area contributed by atoms with Gasteiger partial charge in [0.2, 0.25) is 0 Å². The van der Waals surface area contributed by atoms with Crippen LogP contribution in [0.25, 0.3) is 0 Å². The Morgan fingerprint density at radius 2 is 2.31 bits per heavy atom. The van der Waals surface area contributed by atoms with Crippen LogP contribution in [0.1, 0.15) is 18.3 Å². The average Bonchev–Trinajstić information content (AvgIpc) is 2.42. The number of aromatic nitrogens is 2. The van der Waals surface area contributed by atoms with Gasteiger partial charge < -0.3 is 5.32 Å². The Balaban J connectivity index is 2.13. The number of nitrogens with one attached hydrogen (secondary N) is 1. The zero-order valence-electron chi connectivity index (χ0n) is 9.59. The fourth-order valence-corrected chi connectivity index (χ4v) is 2.59. The van der Waals surface area contributed by atoms with E-state index < -0.39 is 0 Å². The van der Waals surface area contributed by atoms with Gasteiger partial charge in [-0.1, -0.05) is 6.92 Å². The average molecular weight is 286 g/mol. The molecule has 0 spiro atoms. The van der Waals surface area contributed by atoms with E-state index in [1.54, 1.807) is 0 Å². The molecule has 1 aromatic rings. The van der Waals surface area contributed by atoms with E-state index in [4.69, 9.17) is 0 Å². The fourth-order valence-electron chi connectivity index (χ4n) is 1.84. The predicted molar refractivity (Wildman–Crippen MR) is 65.4 cm³/mol. The van der Waals surface area contributed by atoms with Crippen molar-refractivity contribution < 1.29 is 4.79 Å². The van der Waals surface area contributed by atoms with Crippen LogP contribution in [0.3, 0.4) is 0 Å². The molecule has 0 aliphatic carbocycles. The van der Waals surface area contributed by atoms with Crippen molar-refractivity contribution in [3.8, 4) is 0 Å². The van der Waals surface area contributed by atoms with Crippen LogP contribution in [0, 0.1) is 5.92 Å². The Labute approximate surface area is 104 Å². The van der Waals surface area contributed by atoms with E-state index in [-0.39, 0.29) is 5.92 Å². The number of rotatable bonds is 4. The van der Waals surface area contributed by atoms with E-state index in [0.717, 1.165) is 35.4 Å². The Morgan fingerprint density at radius 1 is 1.62 bits per heavy atom. The number of aryl methyl sites for hydroxylation is 2. The third-order valence-electron chi connectivity index (χ3n) is 3.08. The molecule has 88 valence electrons. The van der Waals surface area contributed by atoms with Gasteiger partial charge in [-0.05, 0) is 22.4 Å². The van der Waals surface area contributed by atoms with Crippen molar-refractivity contribution in [1.29, 1.82) is 0 Å². The zero-order chi connectivity index (χ0) is 11.7. The summed E-state index contributed by atoms with van der Waals surface area (Å²) >= 11 is 3.53. The van der Waals surface area contributed by atoms with E-state index in [0.29, 0.717) is 12.2 Å². The maximum absolute atomic E-state index is 11.9. The summed E-state index contributed by atoms with van der Waals surface area (Å²) in [5.74, 6) is 0.511. The van der Waals surface area contributed by atoms with Crippen LogP contribution in [-0.4, -0.2) is 28.7 Å². The molecule has 4 nitrogen and oxygen atoms in total. The number of Topliss-reactive ketones (excluding diaryl/α,β-unsaturated/α-hetero) is 1. The summed E-state index contributed by atoms with van der Waals surface area (Å²) in [5.41, 5.74) is 2.02. The second kappa shape index (κ2) is 4.67. The first-order chi connectivity index (χ1) is 7.63.